The maximum atomic E-state index is 9.28. The molecule has 0 bridgehead atoms. The monoisotopic (exact) mass is 148 g/mol. The van der Waals surface area contributed by atoms with Crippen LogP contribution in [0.1, 0.15) is 5.56 Å². The molecule has 56 valence electrons. The van der Waals surface area contributed by atoms with Crippen molar-refractivity contribution in [3.05, 3.63) is 30.0 Å². The minimum absolute atomic E-state index is 0.518. The van der Waals surface area contributed by atoms with Crippen LogP contribution in [0.15, 0.2) is 24.4 Å². The Balaban J connectivity index is 2.54. The van der Waals surface area contributed by atoms with Crippen molar-refractivity contribution in [3.63, 3.8) is 0 Å². The summed E-state index contributed by atoms with van der Waals surface area (Å²) in [6, 6.07) is 3.77. The second-order valence-electron chi connectivity index (χ2n) is 2.40. The Bertz CT molecular complexity index is 296. The Labute approximate surface area is 64.6 Å². The third kappa shape index (κ3) is 0.991. The van der Waals surface area contributed by atoms with Gasteiger partial charge in [0.15, 0.2) is 5.82 Å². The number of nitrogens with zero attached hydrogens (tertiary/aromatic N) is 2. The summed E-state index contributed by atoms with van der Waals surface area (Å²) in [6.07, 6.45) is 5.51. The van der Waals surface area contributed by atoms with E-state index in [4.69, 9.17) is 0 Å². The first kappa shape index (κ1) is 6.37. The van der Waals surface area contributed by atoms with Gasteiger partial charge in [-0.05, 0) is 12.1 Å². The molecule has 0 fully saturated rings. The van der Waals surface area contributed by atoms with E-state index in [0.717, 1.165) is 10.6 Å². The van der Waals surface area contributed by atoms with Crippen LogP contribution in [-0.2, 0) is 0 Å². The number of anilines is 1. The van der Waals surface area contributed by atoms with E-state index in [-0.39, 0.29) is 0 Å². The highest BCUT2D eigenvalue weighted by Gasteiger charge is 2.09. The Morgan fingerprint density at radius 3 is 3.27 bits per heavy atom. The Morgan fingerprint density at radius 2 is 2.45 bits per heavy atom. The van der Waals surface area contributed by atoms with E-state index in [1.165, 1.54) is 0 Å². The standard InChI is InChI=1S/C8H8N2O/c11-10-6-2-4-7-3-1-5-9-8(7)10/h1-5,11H,6H2. The molecule has 0 unspecified atom stereocenters. The van der Waals surface area contributed by atoms with Crippen LogP contribution in [0.2, 0.25) is 0 Å². The molecular formula is C8H8N2O. The van der Waals surface area contributed by atoms with Gasteiger partial charge in [0, 0.05) is 11.8 Å². The lowest BCUT2D eigenvalue weighted by atomic mass is 10.2. The van der Waals surface area contributed by atoms with Crippen LogP contribution < -0.4 is 5.06 Å². The molecule has 0 aliphatic carbocycles. The topological polar surface area (TPSA) is 36.4 Å². The van der Waals surface area contributed by atoms with Gasteiger partial charge in [-0.25, -0.2) is 10.0 Å². The molecule has 1 N–H and O–H groups in total. The van der Waals surface area contributed by atoms with Crippen molar-refractivity contribution < 1.29 is 5.21 Å². The zero-order valence-electron chi connectivity index (χ0n) is 5.94. The van der Waals surface area contributed by atoms with Crippen molar-refractivity contribution in [1.29, 1.82) is 0 Å². The van der Waals surface area contributed by atoms with Gasteiger partial charge < -0.3 is 0 Å². The summed E-state index contributed by atoms with van der Waals surface area (Å²) >= 11 is 0. The number of aromatic nitrogens is 1. The van der Waals surface area contributed by atoms with E-state index in [9.17, 15) is 5.21 Å². The first-order valence-corrected chi connectivity index (χ1v) is 3.46. The Kier molecular flexibility index (Phi) is 1.36. The van der Waals surface area contributed by atoms with E-state index in [1.54, 1.807) is 6.20 Å². The number of pyridine rings is 1. The molecule has 0 saturated heterocycles. The second kappa shape index (κ2) is 2.36. The molecule has 3 nitrogen and oxygen atoms in total. The van der Waals surface area contributed by atoms with Gasteiger partial charge in [0.05, 0.1) is 6.54 Å². The predicted octanol–water partition coefficient (Wildman–Crippen LogP) is 1.30. The molecule has 2 heterocycles. The normalized spacial score (nSPS) is 14.8. The lowest BCUT2D eigenvalue weighted by Crippen LogP contribution is -2.22. The summed E-state index contributed by atoms with van der Waals surface area (Å²) in [5.41, 5.74) is 0.959. The lowest BCUT2D eigenvalue weighted by Gasteiger charge is -2.18. The highest BCUT2D eigenvalue weighted by atomic mass is 16.5. The Hall–Kier alpha value is -1.35. The number of hydroxylamine groups is 1. The van der Waals surface area contributed by atoms with Crippen molar-refractivity contribution in [2.24, 2.45) is 0 Å². The van der Waals surface area contributed by atoms with Crippen molar-refractivity contribution >= 4 is 11.9 Å². The SMILES string of the molecule is ON1CC=Cc2cccnc21. The van der Waals surface area contributed by atoms with Gasteiger partial charge in [-0.1, -0.05) is 12.2 Å². The van der Waals surface area contributed by atoms with E-state index < -0.39 is 0 Å². The summed E-state index contributed by atoms with van der Waals surface area (Å²) in [6.45, 7) is 0.518. The molecule has 1 aliphatic rings. The third-order valence-corrected chi connectivity index (χ3v) is 1.64. The number of rotatable bonds is 0. The first-order valence-electron chi connectivity index (χ1n) is 3.46. The van der Waals surface area contributed by atoms with E-state index in [2.05, 4.69) is 4.98 Å². The minimum Gasteiger partial charge on any atom is -0.287 e. The Morgan fingerprint density at radius 1 is 1.55 bits per heavy atom. The average Bonchev–Trinajstić information content (AvgIpc) is 2.06. The zero-order valence-corrected chi connectivity index (χ0v) is 5.94. The van der Waals surface area contributed by atoms with Crippen LogP contribution in [0.25, 0.3) is 6.08 Å². The van der Waals surface area contributed by atoms with Gasteiger partial charge >= 0.3 is 0 Å². The summed E-state index contributed by atoms with van der Waals surface area (Å²) in [5.74, 6) is 0.634. The van der Waals surface area contributed by atoms with E-state index in [0.29, 0.717) is 12.4 Å². The fourth-order valence-corrected chi connectivity index (χ4v) is 1.12. The van der Waals surface area contributed by atoms with Crippen molar-refractivity contribution in [1.82, 2.24) is 4.98 Å². The minimum atomic E-state index is 0.518. The molecule has 3 heteroatoms. The number of hydrogen-bond acceptors (Lipinski definition) is 3. The molecule has 0 spiro atoms. The van der Waals surface area contributed by atoms with Crippen molar-refractivity contribution in [2.45, 2.75) is 0 Å². The van der Waals surface area contributed by atoms with Crippen LogP contribution in [0.5, 0.6) is 0 Å². The molecule has 0 radical (unpaired) electrons. The first-order chi connectivity index (χ1) is 5.38. The summed E-state index contributed by atoms with van der Waals surface area (Å²) < 4.78 is 0. The van der Waals surface area contributed by atoms with Crippen LogP contribution in [0.3, 0.4) is 0 Å². The molecule has 1 aromatic heterocycles. The molecule has 0 aromatic carbocycles. The summed E-state index contributed by atoms with van der Waals surface area (Å²) in [5, 5.41) is 10.4. The third-order valence-electron chi connectivity index (χ3n) is 1.64. The second-order valence-corrected chi connectivity index (χ2v) is 2.40. The fraction of sp³-hybridized carbons (Fsp3) is 0.125. The highest BCUT2D eigenvalue weighted by molar-refractivity contribution is 5.66. The van der Waals surface area contributed by atoms with E-state index >= 15 is 0 Å². The van der Waals surface area contributed by atoms with Crippen LogP contribution in [0, 0.1) is 0 Å². The van der Waals surface area contributed by atoms with Crippen LogP contribution in [-0.4, -0.2) is 16.7 Å². The molecule has 0 saturated carbocycles. The molecule has 1 aliphatic heterocycles. The van der Waals surface area contributed by atoms with Gasteiger partial charge in [-0.15, -0.1) is 0 Å². The van der Waals surface area contributed by atoms with Gasteiger partial charge in [0.1, 0.15) is 0 Å². The van der Waals surface area contributed by atoms with Gasteiger partial charge in [-0.3, -0.25) is 5.21 Å². The highest BCUT2D eigenvalue weighted by Crippen LogP contribution is 2.20. The quantitative estimate of drug-likeness (QED) is 0.602. The van der Waals surface area contributed by atoms with E-state index in [1.807, 2.05) is 24.3 Å². The summed E-state index contributed by atoms with van der Waals surface area (Å²) in [7, 11) is 0. The van der Waals surface area contributed by atoms with Gasteiger partial charge in [0.25, 0.3) is 0 Å². The van der Waals surface area contributed by atoms with Crippen molar-refractivity contribution in [2.75, 3.05) is 11.6 Å². The molecular weight excluding hydrogens is 140 g/mol. The molecule has 0 amide bonds. The number of fused-ring (bicyclic) bond motifs is 1. The fourth-order valence-electron chi connectivity index (χ4n) is 1.12. The largest absolute Gasteiger partial charge is 0.287 e. The van der Waals surface area contributed by atoms with Crippen LogP contribution in [0.4, 0.5) is 5.82 Å². The predicted molar refractivity (Wildman–Crippen MR) is 42.4 cm³/mol. The molecule has 0 atom stereocenters. The van der Waals surface area contributed by atoms with Gasteiger partial charge in [0.2, 0.25) is 0 Å². The maximum absolute atomic E-state index is 9.28. The molecule has 1 aromatic rings. The lowest BCUT2D eigenvalue weighted by molar-refractivity contribution is 0.262. The van der Waals surface area contributed by atoms with Crippen molar-refractivity contribution in [3.8, 4) is 0 Å². The maximum Gasteiger partial charge on any atom is 0.159 e. The number of hydrogen-bond donors (Lipinski definition) is 1. The average molecular weight is 148 g/mol. The summed E-state index contributed by atoms with van der Waals surface area (Å²) in [4.78, 5) is 4.02. The van der Waals surface area contributed by atoms with Gasteiger partial charge in [-0.2, -0.15) is 0 Å². The zero-order chi connectivity index (χ0) is 7.68. The van der Waals surface area contributed by atoms with Crippen LogP contribution >= 0.6 is 0 Å². The molecule has 2 rings (SSSR count). The smallest absolute Gasteiger partial charge is 0.159 e. The molecule has 11 heavy (non-hydrogen) atoms.